The van der Waals surface area contributed by atoms with Crippen molar-refractivity contribution in [2.24, 2.45) is 0 Å². The lowest BCUT2D eigenvalue weighted by Crippen LogP contribution is -2.25. The van der Waals surface area contributed by atoms with Crippen molar-refractivity contribution in [2.75, 3.05) is 27.2 Å². The first kappa shape index (κ1) is 19.0. The maximum absolute atomic E-state index is 12.1. The van der Waals surface area contributed by atoms with Crippen molar-refractivity contribution in [1.82, 2.24) is 14.8 Å². The minimum Gasteiger partial charge on any atom is -0.356 e. The summed E-state index contributed by atoms with van der Waals surface area (Å²) in [6.07, 6.45) is 8.61. The molecular formula is C22H33N3O. The highest BCUT2D eigenvalue weighted by Crippen LogP contribution is 2.30. The lowest BCUT2D eigenvalue weighted by molar-refractivity contribution is -0.121. The Morgan fingerprint density at radius 2 is 2.00 bits per heavy atom. The van der Waals surface area contributed by atoms with Crippen LogP contribution >= 0.6 is 0 Å². The standard InChI is InChI=1S/C22H33N3O/c1-24(2)16-8-3-4-13-22(26)23-15-14-19-18-10-5-6-11-20(18)25-17-9-7-12-21(19)25/h5-6,10-11H,3-4,7-9,12-17H2,1-2H3,(H,23,26). The molecule has 4 nitrogen and oxygen atoms in total. The smallest absolute Gasteiger partial charge is 0.220 e. The monoisotopic (exact) mass is 355 g/mol. The van der Waals surface area contributed by atoms with Crippen LogP contribution < -0.4 is 5.32 Å². The van der Waals surface area contributed by atoms with Crippen molar-refractivity contribution in [1.29, 1.82) is 0 Å². The van der Waals surface area contributed by atoms with Crippen molar-refractivity contribution in [3.63, 3.8) is 0 Å². The van der Waals surface area contributed by atoms with Gasteiger partial charge in [-0.1, -0.05) is 24.6 Å². The molecule has 0 atom stereocenters. The van der Waals surface area contributed by atoms with Crippen molar-refractivity contribution in [3.05, 3.63) is 35.5 Å². The van der Waals surface area contributed by atoms with Crippen LogP contribution in [0.25, 0.3) is 10.9 Å². The van der Waals surface area contributed by atoms with Gasteiger partial charge in [0.15, 0.2) is 0 Å². The number of nitrogens with zero attached hydrogens (tertiary/aromatic N) is 2. The van der Waals surface area contributed by atoms with E-state index in [1.807, 2.05) is 0 Å². The fraction of sp³-hybridized carbons (Fsp3) is 0.591. The molecule has 0 saturated heterocycles. The zero-order valence-electron chi connectivity index (χ0n) is 16.4. The molecule has 0 spiro atoms. The highest BCUT2D eigenvalue weighted by molar-refractivity contribution is 5.86. The van der Waals surface area contributed by atoms with E-state index in [1.54, 1.807) is 0 Å². The SMILES string of the molecule is CN(C)CCCCCC(=O)NCCc1c2n(c3ccccc13)CCCC2. The molecule has 2 heterocycles. The fourth-order valence-electron chi connectivity index (χ4n) is 4.12. The van der Waals surface area contributed by atoms with Gasteiger partial charge < -0.3 is 14.8 Å². The summed E-state index contributed by atoms with van der Waals surface area (Å²) in [5.41, 5.74) is 4.31. The number of aryl methyl sites for hydroxylation is 1. The van der Waals surface area contributed by atoms with Gasteiger partial charge in [0, 0.05) is 36.1 Å². The Balaban J connectivity index is 1.50. The number of para-hydroxylation sites is 1. The fourth-order valence-corrected chi connectivity index (χ4v) is 4.12. The Labute approximate surface area is 157 Å². The Hall–Kier alpha value is -1.81. The number of nitrogens with one attached hydrogen (secondary N) is 1. The number of hydrogen-bond acceptors (Lipinski definition) is 2. The molecule has 26 heavy (non-hydrogen) atoms. The van der Waals surface area contributed by atoms with Gasteiger partial charge in [-0.15, -0.1) is 0 Å². The number of fused-ring (bicyclic) bond motifs is 3. The molecule has 1 aliphatic rings. The first-order valence-corrected chi connectivity index (χ1v) is 10.2. The van der Waals surface area contributed by atoms with Gasteiger partial charge in [-0.25, -0.2) is 0 Å². The predicted octanol–water partition coefficient (Wildman–Crippen LogP) is 3.76. The second-order valence-electron chi connectivity index (χ2n) is 7.77. The van der Waals surface area contributed by atoms with E-state index in [0.29, 0.717) is 6.42 Å². The molecule has 1 aromatic carbocycles. The number of amides is 1. The molecule has 142 valence electrons. The summed E-state index contributed by atoms with van der Waals surface area (Å²) >= 11 is 0. The van der Waals surface area contributed by atoms with E-state index < -0.39 is 0 Å². The van der Waals surface area contributed by atoms with Crippen LogP contribution in [-0.4, -0.2) is 42.6 Å². The largest absolute Gasteiger partial charge is 0.356 e. The average molecular weight is 356 g/mol. The van der Waals surface area contributed by atoms with Crippen molar-refractivity contribution < 1.29 is 4.79 Å². The summed E-state index contributed by atoms with van der Waals surface area (Å²) < 4.78 is 2.50. The Bertz CT molecular complexity index is 732. The van der Waals surface area contributed by atoms with Gasteiger partial charge in [0.05, 0.1) is 0 Å². The number of carbonyl (C=O) groups is 1. The van der Waals surface area contributed by atoms with Crippen LogP contribution in [0, 0.1) is 0 Å². The van der Waals surface area contributed by atoms with E-state index >= 15 is 0 Å². The topological polar surface area (TPSA) is 37.3 Å². The molecule has 2 aromatic rings. The molecule has 1 aliphatic heterocycles. The van der Waals surface area contributed by atoms with Gasteiger partial charge in [-0.2, -0.15) is 0 Å². The molecule has 0 radical (unpaired) electrons. The van der Waals surface area contributed by atoms with Crippen molar-refractivity contribution in [3.8, 4) is 0 Å². The number of benzene rings is 1. The summed E-state index contributed by atoms with van der Waals surface area (Å²) in [4.78, 5) is 14.3. The van der Waals surface area contributed by atoms with Crippen LogP contribution in [0.1, 0.15) is 49.8 Å². The molecule has 0 aliphatic carbocycles. The van der Waals surface area contributed by atoms with Gasteiger partial charge in [-0.3, -0.25) is 4.79 Å². The van der Waals surface area contributed by atoms with Crippen LogP contribution in [0.5, 0.6) is 0 Å². The summed E-state index contributed by atoms with van der Waals surface area (Å²) in [5, 5.41) is 4.51. The lowest BCUT2D eigenvalue weighted by atomic mass is 10.0. The first-order valence-electron chi connectivity index (χ1n) is 10.2. The Kier molecular flexibility index (Phi) is 6.73. The molecule has 1 amide bonds. The van der Waals surface area contributed by atoms with Gasteiger partial charge in [0.25, 0.3) is 0 Å². The van der Waals surface area contributed by atoms with Crippen LogP contribution in [0.3, 0.4) is 0 Å². The van der Waals surface area contributed by atoms with Gasteiger partial charge in [0.1, 0.15) is 0 Å². The predicted molar refractivity (Wildman–Crippen MR) is 109 cm³/mol. The maximum Gasteiger partial charge on any atom is 0.220 e. The normalized spacial score (nSPS) is 14.0. The van der Waals surface area contributed by atoms with Gasteiger partial charge >= 0.3 is 0 Å². The first-order chi connectivity index (χ1) is 12.7. The van der Waals surface area contributed by atoms with E-state index in [1.165, 1.54) is 47.8 Å². The highest BCUT2D eigenvalue weighted by Gasteiger charge is 2.19. The van der Waals surface area contributed by atoms with E-state index in [0.717, 1.165) is 38.9 Å². The summed E-state index contributed by atoms with van der Waals surface area (Å²) in [6.45, 7) is 2.99. The van der Waals surface area contributed by atoms with Crippen LogP contribution in [0.4, 0.5) is 0 Å². The third-order valence-electron chi connectivity index (χ3n) is 5.45. The van der Waals surface area contributed by atoms with E-state index in [2.05, 4.69) is 53.1 Å². The Morgan fingerprint density at radius 1 is 1.15 bits per heavy atom. The van der Waals surface area contributed by atoms with Gasteiger partial charge in [0.2, 0.25) is 5.91 Å². The molecule has 1 aromatic heterocycles. The van der Waals surface area contributed by atoms with Crippen LogP contribution in [0.2, 0.25) is 0 Å². The lowest BCUT2D eigenvalue weighted by Gasteiger charge is -2.17. The van der Waals surface area contributed by atoms with Crippen molar-refractivity contribution in [2.45, 2.75) is 57.9 Å². The summed E-state index contributed by atoms with van der Waals surface area (Å²) in [7, 11) is 4.19. The molecule has 0 bridgehead atoms. The van der Waals surface area contributed by atoms with E-state index in [4.69, 9.17) is 0 Å². The molecule has 0 unspecified atom stereocenters. The minimum atomic E-state index is 0.201. The average Bonchev–Trinajstić information content (AvgIpc) is 2.96. The quantitative estimate of drug-likeness (QED) is 0.696. The number of rotatable bonds is 9. The van der Waals surface area contributed by atoms with Crippen molar-refractivity contribution >= 4 is 16.8 Å². The zero-order valence-corrected chi connectivity index (χ0v) is 16.4. The number of aromatic nitrogens is 1. The molecule has 3 rings (SSSR count). The molecular weight excluding hydrogens is 322 g/mol. The van der Waals surface area contributed by atoms with Gasteiger partial charge in [-0.05, 0) is 70.8 Å². The molecule has 1 N–H and O–H groups in total. The molecule has 0 saturated carbocycles. The molecule has 4 heteroatoms. The zero-order chi connectivity index (χ0) is 18.4. The van der Waals surface area contributed by atoms with E-state index in [-0.39, 0.29) is 5.91 Å². The van der Waals surface area contributed by atoms with E-state index in [9.17, 15) is 4.79 Å². The minimum absolute atomic E-state index is 0.201. The highest BCUT2D eigenvalue weighted by atomic mass is 16.1. The Morgan fingerprint density at radius 3 is 2.85 bits per heavy atom. The molecule has 0 fully saturated rings. The van der Waals surface area contributed by atoms with Crippen LogP contribution in [-0.2, 0) is 24.2 Å². The second kappa shape index (κ2) is 9.22. The summed E-state index contributed by atoms with van der Waals surface area (Å²) in [6, 6.07) is 8.73. The van der Waals surface area contributed by atoms with Crippen LogP contribution in [0.15, 0.2) is 24.3 Å². The number of unbranched alkanes of at least 4 members (excludes halogenated alkanes) is 2. The second-order valence-corrected chi connectivity index (χ2v) is 7.77. The summed E-state index contributed by atoms with van der Waals surface area (Å²) in [5.74, 6) is 0.201. The number of carbonyl (C=O) groups excluding carboxylic acids is 1. The third kappa shape index (κ3) is 4.67. The number of hydrogen-bond donors (Lipinski definition) is 1. The third-order valence-corrected chi connectivity index (χ3v) is 5.45. The maximum atomic E-state index is 12.1.